The normalized spacial score (nSPS) is 11.7. The van der Waals surface area contributed by atoms with Gasteiger partial charge in [0.25, 0.3) is 5.89 Å². The van der Waals surface area contributed by atoms with Crippen molar-refractivity contribution in [3.05, 3.63) is 54.1 Å². The van der Waals surface area contributed by atoms with Gasteiger partial charge in [0, 0.05) is 10.5 Å². The molecule has 0 unspecified atom stereocenters. The van der Waals surface area contributed by atoms with Gasteiger partial charge in [-0.1, -0.05) is 29.4 Å². The first-order valence-electron chi connectivity index (χ1n) is 6.64. The highest BCUT2D eigenvalue weighted by Crippen LogP contribution is 2.32. The molecule has 0 radical (unpaired) electrons. The van der Waals surface area contributed by atoms with Gasteiger partial charge < -0.3 is 4.52 Å². The van der Waals surface area contributed by atoms with Crippen molar-refractivity contribution >= 4 is 11.8 Å². The summed E-state index contributed by atoms with van der Waals surface area (Å²) in [6.07, 6.45) is -2.43. The molecule has 118 valence electrons. The molecular weight excluding hydrogens is 325 g/mol. The van der Waals surface area contributed by atoms with Gasteiger partial charge in [-0.25, -0.2) is 0 Å². The largest absolute Gasteiger partial charge is 0.416 e. The zero-order chi connectivity index (χ0) is 16.4. The topological polar surface area (TPSA) is 38.9 Å². The van der Waals surface area contributed by atoms with E-state index in [0.717, 1.165) is 22.6 Å². The first-order chi connectivity index (χ1) is 11.0. The van der Waals surface area contributed by atoms with Crippen molar-refractivity contribution in [2.45, 2.75) is 11.1 Å². The number of thioether (sulfide) groups is 1. The lowest BCUT2D eigenvalue weighted by Crippen LogP contribution is -2.04. The van der Waals surface area contributed by atoms with Gasteiger partial charge in [0.05, 0.1) is 11.1 Å². The molecule has 0 fully saturated rings. The number of hydrogen-bond donors (Lipinski definition) is 0. The van der Waals surface area contributed by atoms with Crippen LogP contribution < -0.4 is 0 Å². The van der Waals surface area contributed by atoms with Crippen molar-refractivity contribution in [3.8, 4) is 22.8 Å². The first kappa shape index (κ1) is 15.6. The SMILES string of the molecule is CSc1ccccc1-c1nc(-c2ccc(C(F)(F)F)cc2)no1. The van der Waals surface area contributed by atoms with E-state index in [-0.39, 0.29) is 5.82 Å². The van der Waals surface area contributed by atoms with Gasteiger partial charge in [0.15, 0.2) is 0 Å². The van der Waals surface area contributed by atoms with Crippen molar-refractivity contribution in [2.75, 3.05) is 6.26 Å². The van der Waals surface area contributed by atoms with E-state index in [0.29, 0.717) is 11.5 Å². The highest BCUT2D eigenvalue weighted by Gasteiger charge is 2.30. The average molecular weight is 336 g/mol. The summed E-state index contributed by atoms with van der Waals surface area (Å²) in [6.45, 7) is 0. The van der Waals surface area contributed by atoms with Crippen LogP contribution in [-0.4, -0.2) is 16.4 Å². The molecule has 7 heteroatoms. The number of nitrogens with zero attached hydrogens (tertiary/aromatic N) is 2. The molecule has 0 bridgehead atoms. The Hall–Kier alpha value is -2.28. The van der Waals surface area contributed by atoms with E-state index in [9.17, 15) is 13.2 Å². The number of aromatic nitrogens is 2. The summed E-state index contributed by atoms with van der Waals surface area (Å²) >= 11 is 1.55. The van der Waals surface area contributed by atoms with Gasteiger partial charge >= 0.3 is 6.18 Å². The fourth-order valence-corrected chi connectivity index (χ4v) is 2.67. The highest BCUT2D eigenvalue weighted by atomic mass is 32.2. The fourth-order valence-electron chi connectivity index (χ4n) is 2.08. The van der Waals surface area contributed by atoms with Crippen LogP contribution in [0.25, 0.3) is 22.8 Å². The molecule has 23 heavy (non-hydrogen) atoms. The van der Waals surface area contributed by atoms with Crippen LogP contribution in [0.5, 0.6) is 0 Å². The second kappa shape index (κ2) is 6.08. The van der Waals surface area contributed by atoms with Crippen molar-refractivity contribution in [1.82, 2.24) is 10.1 Å². The third-order valence-electron chi connectivity index (χ3n) is 3.23. The van der Waals surface area contributed by atoms with Crippen LogP contribution >= 0.6 is 11.8 Å². The lowest BCUT2D eigenvalue weighted by molar-refractivity contribution is -0.137. The second-order valence-corrected chi connectivity index (χ2v) is 5.55. The Kier molecular flexibility index (Phi) is 4.12. The summed E-state index contributed by atoms with van der Waals surface area (Å²) < 4.78 is 43.0. The maximum Gasteiger partial charge on any atom is 0.416 e. The summed E-state index contributed by atoms with van der Waals surface area (Å²) in [5, 5.41) is 3.85. The Bertz CT molecular complexity index is 813. The maximum absolute atomic E-state index is 12.6. The Labute approximate surface area is 134 Å². The van der Waals surface area contributed by atoms with E-state index in [1.54, 1.807) is 11.8 Å². The predicted molar refractivity (Wildman–Crippen MR) is 82.0 cm³/mol. The monoisotopic (exact) mass is 336 g/mol. The van der Waals surface area contributed by atoms with Crippen molar-refractivity contribution in [1.29, 1.82) is 0 Å². The minimum atomic E-state index is -4.36. The zero-order valence-corrected chi connectivity index (χ0v) is 12.8. The third-order valence-corrected chi connectivity index (χ3v) is 4.03. The molecule has 1 heterocycles. The van der Waals surface area contributed by atoms with Gasteiger partial charge in [-0.15, -0.1) is 11.8 Å². The van der Waals surface area contributed by atoms with E-state index in [2.05, 4.69) is 10.1 Å². The number of halogens is 3. The van der Waals surface area contributed by atoms with Crippen molar-refractivity contribution in [3.63, 3.8) is 0 Å². The zero-order valence-electron chi connectivity index (χ0n) is 12.0. The molecule has 0 atom stereocenters. The average Bonchev–Trinajstić information content (AvgIpc) is 3.04. The minimum absolute atomic E-state index is 0.254. The summed E-state index contributed by atoms with van der Waals surface area (Å²) in [4.78, 5) is 5.26. The smallest absolute Gasteiger partial charge is 0.334 e. The minimum Gasteiger partial charge on any atom is -0.334 e. The second-order valence-electron chi connectivity index (χ2n) is 4.70. The van der Waals surface area contributed by atoms with E-state index in [1.165, 1.54) is 12.1 Å². The molecule has 0 aliphatic heterocycles. The number of alkyl halides is 3. The van der Waals surface area contributed by atoms with Crippen molar-refractivity contribution < 1.29 is 17.7 Å². The third kappa shape index (κ3) is 3.24. The summed E-state index contributed by atoms with van der Waals surface area (Å²) in [5.41, 5.74) is 0.554. The van der Waals surface area contributed by atoms with Crippen LogP contribution in [0.4, 0.5) is 13.2 Å². The highest BCUT2D eigenvalue weighted by molar-refractivity contribution is 7.98. The Morgan fingerprint density at radius 2 is 1.70 bits per heavy atom. The molecule has 0 saturated heterocycles. The molecule has 3 rings (SSSR count). The quantitative estimate of drug-likeness (QED) is 0.621. The fraction of sp³-hybridized carbons (Fsp3) is 0.125. The molecule has 0 saturated carbocycles. The van der Waals surface area contributed by atoms with E-state index < -0.39 is 11.7 Å². The number of rotatable bonds is 3. The molecule has 3 nitrogen and oxygen atoms in total. The molecule has 0 N–H and O–H groups in total. The molecule has 0 aliphatic rings. The van der Waals surface area contributed by atoms with Crippen LogP contribution in [0, 0.1) is 0 Å². The molecular formula is C16H11F3N2OS. The standard InChI is InChI=1S/C16H11F3N2OS/c1-23-13-5-3-2-4-12(13)15-20-14(21-22-15)10-6-8-11(9-7-10)16(17,18)19/h2-9H,1H3. The molecule has 3 aromatic rings. The van der Waals surface area contributed by atoms with E-state index in [1.807, 2.05) is 30.5 Å². The maximum atomic E-state index is 12.6. The number of benzene rings is 2. The van der Waals surface area contributed by atoms with Crippen molar-refractivity contribution in [2.24, 2.45) is 0 Å². The lowest BCUT2D eigenvalue weighted by atomic mass is 10.1. The van der Waals surface area contributed by atoms with Gasteiger partial charge in [-0.2, -0.15) is 18.2 Å². The summed E-state index contributed by atoms with van der Waals surface area (Å²) in [7, 11) is 0. The molecule has 0 amide bonds. The summed E-state index contributed by atoms with van der Waals surface area (Å²) in [5.74, 6) is 0.592. The van der Waals surface area contributed by atoms with Crippen LogP contribution in [-0.2, 0) is 6.18 Å². The van der Waals surface area contributed by atoms with Crippen LogP contribution in [0.2, 0.25) is 0 Å². The van der Waals surface area contributed by atoms with Crippen LogP contribution in [0.3, 0.4) is 0 Å². The van der Waals surface area contributed by atoms with Crippen LogP contribution in [0.1, 0.15) is 5.56 Å². The molecule has 1 aromatic heterocycles. The van der Waals surface area contributed by atoms with E-state index >= 15 is 0 Å². The Balaban J connectivity index is 1.93. The predicted octanol–water partition coefficient (Wildman–Crippen LogP) is 5.14. The van der Waals surface area contributed by atoms with E-state index in [4.69, 9.17) is 4.52 Å². The van der Waals surface area contributed by atoms with Gasteiger partial charge in [-0.3, -0.25) is 0 Å². The Morgan fingerprint density at radius 3 is 2.35 bits per heavy atom. The Morgan fingerprint density at radius 1 is 1.00 bits per heavy atom. The number of hydrogen-bond acceptors (Lipinski definition) is 4. The van der Waals surface area contributed by atoms with Gasteiger partial charge in [0.2, 0.25) is 5.82 Å². The molecule has 2 aromatic carbocycles. The summed E-state index contributed by atoms with van der Waals surface area (Å²) in [6, 6.07) is 12.2. The lowest BCUT2D eigenvalue weighted by Gasteiger charge is -2.05. The first-order valence-corrected chi connectivity index (χ1v) is 7.86. The van der Waals surface area contributed by atoms with Crippen LogP contribution in [0.15, 0.2) is 57.9 Å². The molecule has 0 spiro atoms. The molecule has 0 aliphatic carbocycles. The van der Waals surface area contributed by atoms with Gasteiger partial charge in [0.1, 0.15) is 0 Å². The van der Waals surface area contributed by atoms with Gasteiger partial charge in [-0.05, 0) is 30.5 Å².